The molecule has 0 radical (unpaired) electrons. The molecule has 0 saturated carbocycles. The van der Waals surface area contributed by atoms with Gasteiger partial charge in [0.15, 0.2) is 0 Å². The summed E-state index contributed by atoms with van der Waals surface area (Å²) in [5.74, 6) is 0. The molecule has 0 unspecified atom stereocenters. The molecule has 3 aromatic rings. The Morgan fingerprint density at radius 1 is 0.941 bits per heavy atom. The Bertz CT molecular complexity index is 585. The van der Waals surface area contributed by atoms with Crippen LogP contribution in [-0.4, -0.2) is 19.5 Å². The molecule has 0 aliphatic rings. The second-order valence-corrected chi connectivity index (χ2v) is 5.81. The molecule has 84 valence electrons. The number of para-hydroxylation sites is 1. The first-order valence-corrected chi connectivity index (χ1v) is 7.15. The SMILES string of the molecule is c1ccc(COc2nc3ccccc3[se]2)cc1. The molecule has 0 spiro atoms. The Hall–Kier alpha value is -1.57. The number of fused-ring (bicyclic) bond motifs is 1. The summed E-state index contributed by atoms with van der Waals surface area (Å²) in [5.41, 5.74) is 2.25. The predicted octanol–water partition coefficient (Wildman–Crippen LogP) is 2.87. The van der Waals surface area contributed by atoms with E-state index in [2.05, 4.69) is 29.2 Å². The molecular formula is C14H11NOSe. The van der Waals surface area contributed by atoms with Crippen molar-refractivity contribution in [3.05, 3.63) is 60.2 Å². The van der Waals surface area contributed by atoms with Gasteiger partial charge in [0.1, 0.15) is 0 Å². The minimum atomic E-state index is 0.228. The van der Waals surface area contributed by atoms with E-state index in [-0.39, 0.29) is 14.5 Å². The van der Waals surface area contributed by atoms with Crippen molar-refractivity contribution in [3.8, 4) is 4.75 Å². The van der Waals surface area contributed by atoms with E-state index in [4.69, 9.17) is 4.74 Å². The predicted molar refractivity (Wildman–Crippen MR) is 69.5 cm³/mol. The van der Waals surface area contributed by atoms with Crippen LogP contribution >= 0.6 is 0 Å². The van der Waals surface area contributed by atoms with Crippen molar-refractivity contribution >= 4 is 24.3 Å². The molecule has 0 aliphatic carbocycles. The number of hydrogen-bond donors (Lipinski definition) is 0. The Balaban J connectivity index is 1.77. The van der Waals surface area contributed by atoms with Gasteiger partial charge in [0.25, 0.3) is 0 Å². The quantitative estimate of drug-likeness (QED) is 0.691. The van der Waals surface area contributed by atoms with Gasteiger partial charge in [0.05, 0.1) is 0 Å². The van der Waals surface area contributed by atoms with Crippen LogP contribution in [0.3, 0.4) is 0 Å². The number of benzene rings is 2. The van der Waals surface area contributed by atoms with E-state index in [0.717, 1.165) is 10.3 Å². The van der Waals surface area contributed by atoms with Crippen LogP contribution in [0.5, 0.6) is 4.75 Å². The number of aromatic nitrogens is 1. The first kappa shape index (κ1) is 10.6. The molecule has 0 atom stereocenters. The third kappa shape index (κ3) is 2.41. The van der Waals surface area contributed by atoms with Crippen molar-refractivity contribution in [3.63, 3.8) is 0 Å². The zero-order valence-electron chi connectivity index (χ0n) is 9.17. The van der Waals surface area contributed by atoms with Gasteiger partial charge in [-0.3, -0.25) is 0 Å². The van der Waals surface area contributed by atoms with Crippen LogP contribution in [-0.2, 0) is 6.61 Å². The fourth-order valence-corrected chi connectivity index (χ4v) is 3.34. The van der Waals surface area contributed by atoms with Crippen molar-refractivity contribution in [2.24, 2.45) is 0 Å². The van der Waals surface area contributed by atoms with E-state index in [1.54, 1.807) is 0 Å². The number of hydrogen-bond acceptors (Lipinski definition) is 2. The van der Waals surface area contributed by atoms with Crippen LogP contribution in [0.2, 0.25) is 0 Å². The molecule has 1 heterocycles. The van der Waals surface area contributed by atoms with Gasteiger partial charge in [0, 0.05) is 0 Å². The summed E-state index contributed by atoms with van der Waals surface area (Å²) in [6.45, 7) is 0.607. The Morgan fingerprint density at radius 2 is 1.71 bits per heavy atom. The van der Waals surface area contributed by atoms with Gasteiger partial charge in [-0.15, -0.1) is 0 Å². The van der Waals surface area contributed by atoms with Crippen LogP contribution < -0.4 is 4.74 Å². The molecule has 0 bridgehead atoms. The van der Waals surface area contributed by atoms with Gasteiger partial charge in [-0.1, -0.05) is 0 Å². The first-order valence-electron chi connectivity index (χ1n) is 5.44. The molecule has 3 rings (SSSR count). The van der Waals surface area contributed by atoms with Gasteiger partial charge in [-0.2, -0.15) is 0 Å². The second kappa shape index (κ2) is 4.74. The van der Waals surface area contributed by atoms with Crippen LogP contribution in [0.1, 0.15) is 5.56 Å². The Labute approximate surface area is 106 Å². The molecule has 0 aliphatic heterocycles. The van der Waals surface area contributed by atoms with Crippen LogP contribution in [0, 0.1) is 0 Å². The maximum absolute atomic E-state index is 5.75. The topological polar surface area (TPSA) is 22.1 Å². The fourth-order valence-electron chi connectivity index (χ4n) is 1.63. The van der Waals surface area contributed by atoms with E-state index in [0.29, 0.717) is 6.61 Å². The van der Waals surface area contributed by atoms with E-state index < -0.39 is 0 Å². The number of rotatable bonds is 3. The van der Waals surface area contributed by atoms with Crippen molar-refractivity contribution in [1.82, 2.24) is 4.98 Å². The summed E-state index contributed by atoms with van der Waals surface area (Å²) < 4.78 is 7.94. The fraction of sp³-hybridized carbons (Fsp3) is 0.0714. The summed E-state index contributed by atoms with van der Waals surface area (Å²) in [6.07, 6.45) is 0. The summed E-state index contributed by atoms with van der Waals surface area (Å²) in [4.78, 5) is 4.49. The summed E-state index contributed by atoms with van der Waals surface area (Å²) in [6, 6.07) is 18.4. The summed E-state index contributed by atoms with van der Waals surface area (Å²) in [5, 5.41) is 0. The molecular weight excluding hydrogens is 277 g/mol. The van der Waals surface area contributed by atoms with Gasteiger partial charge >= 0.3 is 106 Å². The number of nitrogens with zero attached hydrogens (tertiary/aromatic N) is 1. The second-order valence-electron chi connectivity index (χ2n) is 3.72. The van der Waals surface area contributed by atoms with Gasteiger partial charge in [-0.05, 0) is 0 Å². The zero-order chi connectivity index (χ0) is 11.5. The normalized spacial score (nSPS) is 10.6. The van der Waals surface area contributed by atoms with Gasteiger partial charge in [-0.25, -0.2) is 0 Å². The minimum absolute atomic E-state index is 0.228. The monoisotopic (exact) mass is 289 g/mol. The first-order chi connectivity index (χ1) is 8.42. The Kier molecular flexibility index (Phi) is 2.95. The van der Waals surface area contributed by atoms with E-state index in [1.807, 2.05) is 30.3 Å². The molecule has 0 amide bonds. The third-order valence-electron chi connectivity index (χ3n) is 2.48. The zero-order valence-corrected chi connectivity index (χ0v) is 10.9. The maximum atomic E-state index is 5.75. The van der Waals surface area contributed by atoms with E-state index in [1.165, 1.54) is 9.82 Å². The molecule has 3 heteroatoms. The van der Waals surface area contributed by atoms with E-state index in [9.17, 15) is 0 Å². The molecule has 0 saturated heterocycles. The van der Waals surface area contributed by atoms with Crippen LogP contribution in [0.25, 0.3) is 9.78 Å². The summed E-state index contributed by atoms with van der Waals surface area (Å²) >= 11 is 0.228. The Morgan fingerprint density at radius 3 is 2.53 bits per heavy atom. The molecule has 1 aromatic heterocycles. The van der Waals surface area contributed by atoms with Gasteiger partial charge < -0.3 is 0 Å². The average molecular weight is 288 g/mol. The molecule has 0 N–H and O–H groups in total. The van der Waals surface area contributed by atoms with Gasteiger partial charge in [0.2, 0.25) is 0 Å². The van der Waals surface area contributed by atoms with Crippen LogP contribution in [0.15, 0.2) is 54.6 Å². The van der Waals surface area contributed by atoms with E-state index >= 15 is 0 Å². The van der Waals surface area contributed by atoms with Crippen molar-refractivity contribution < 1.29 is 4.74 Å². The molecule has 17 heavy (non-hydrogen) atoms. The molecule has 0 fully saturated rings. The standard InChI is InChI=1S/C14H11NOSe/c1-2-6-11(7-3-1)10-16-14-15-12-8-4-5-9-13(12)17-14/h1-9H,10H2. The van der Waals surface area contributed by atoms with Crippen LogP contribution in [0.4, 0.5) is 0 Å². The number of ether oxygens (including phenoxy) is 1. The van der Waals surface area contributed by atoms with Crippen molar-refractivity contribution in [1.29, 1.82) is 0 Å². The summed E-state index contributed by atoms with van der Waals surface area (Å²) in [7, 11) is 0. The average Bonchev–Trinajstić information content (AvgIpc) is 2.80. The molecule has 2 nitrogen and oxygen atoms in total. The third-order valence-corrected chi connectivity index (χ3v) is 4.47. The van der Waals surface area contributed by atoms with Crippen molar-refractivity contribution in [2.75, 3.05) is 0 Å². The van der Waals surface area contributed by atoms with Crippen molar-refractivity contribution in [2.45, 2.75) is 6.61 Å². The molecule has 2 aromatic carbocycles.